The number of thioether (sulfide) groups is 2. The number of carbonyl (C=O) groups is 2. The summed E-state index contributed by atoms with van der Waals surface area (Å²) >= 11 is 4.33. The topological polar surface area (TPSA) is 93.0 Å². The molecule has 7 aromatic rings. The highest BCUT2D eigenvalue weighted by Crippen LogP contribution is 2.33. The predicted molar refractivity (Wildman–Crippen MR) is 200 cm³/mol. The van der Waals surface area contributed by atoms with Gasteiger partial charge in [-0.25, -0.2) is 4.98 Å². The number of nitrogens with one attached hydrogen (secondary N) is 1. The first-order valence-electron chi connectivity index (χ1n) is 15.9. The monoisotopic (exact) mass is 698 g/mol. The summed E-state index contributed by atoms with van der Waals surface area (Å²) in [5.41, 5.74) is 5.88. The summed E-state index contributed by atoms with van der Waals surface area (Å²) < 4.78 is 3.82. The molecule has 0 bridgehead atoms. The van der Waals surface area contributed by atoms with Crippen LogP contribution in [-0.4, -0.2) is 49.6 Å². The molecule has 0 atom stereocenters. The molecule has 11 heteroatoms. The summed E-state index contributed by atoms with van der Waals surface area (Å²) in [6.07, 6.45) is 1.49. The molecule has 2 aromatic heterocycles. The van der Waals surface area contributed by atoms with Crippen molar-refractivity contribution < 1.29 is 9.59 Å². The number of fused-ring (bicyclic) bond motifs is 3. The van der Waals surface area contributed by atoms with E-state index < -0.39 is 0 Å². The molecular weight excluding hydrogens is 669 g/mol. The zero-order chi connectivity index (χ0) is 33.2. The Labute approximate surface area is 295 Å². The van der Waals surface area contributed by atoms with E-state index in [1.165, 1.54) is 56.8 Å². The van der Waals surface area contributed by atoms with Gasteiger partial charge in [-0.05, 0) is 64.7 Å². The third kappa shape index (κ3) is 6.69. The molecule has 3 heterocycles. The Hall–Kier alpha value is -4.97. The molecule has 242 valence electrons. The van der Waals surface area contributed by atoms with Gasteiger partial charge in [0.15, 0.2) is 9.50 Å². The molecule has 49 heavy (non-hydrogen) atoms. The number of benzene rings is 5. The van der Waals surface area contributed by atoms with E-state index in [0.717, 1.165) is 44.7 Å². The second-order valence-corrected chi connectivity index (χ2v) is 14.8. The minimum absolute atomic E-state index is 0.0865. The van der Waals surface area contributed by atoms with Crippen LogP contribution in [0.5, 0.6) is 0 Å². The number of thiazole rings is 1. The molecule has 1 aliphatic heterocycles. The van der Waals surface area contributed by atoms with Gasteiger partial charge in [0, 0.05) is 30.0 Å². The Balaban J connectivity index is 0.928. The maximum atomic E-state index is 13.2. The molecule has 1 N–H and O–H groups in total. The molecule has 8 rings (SSSR count). The summed E-state index contributed by atoms with van der Waals surface area (Å²) in [4.78, 5) is 32.7. The van der Waals surface area contributed by atoms with Crippen LogP contribution >= 0.6 is 34.9 Å². The molecule has 0 saturated carbocycles. The van der Waals surface area contributed by atoms with Gasteiger partial charge in [-0.2, -0.15) is 0 Å². The van der Waals surface area contributed by atoms with Crippen LogP contribution in [0, 0.1) is 0 Å². The zero-order valence-corrected chi connectivity index (χ0v) is 28.7. The first-order chi connectivity index (χ1) is 24.1. The van der Waals surface area contributed by atoms with E-state index in [1.807, 2.05) is 82.3 Å². The van der Waals surface area contributed by atoms with Gasteiger partial charge in [0.1, 0.15) is 5.82 Å². The van der Waals surface area contributed by atoms with Gasteiger partial charge in [0.05, 0.1) is 21.7 Å². The van der Waals surface area contributed by atoms with Gasteiger partial charge >= 0.3 is 0 Å². The van der Waals surface area contributed by atoms with E-state index in [1.54, 1.807) is 0 Å². The molecule has 5 aromatic carbocycles. The average molecular weight is 699 g/mol. The standard InChI is InChI=1S/C38H30N6O2S3/c45-35(39-28-17-18-31-33(22-28)49-38(40-31)48-24-36(46)43-20-19-26-10-5-7-16-32(26)43)23-47-37-42-41-34(44(37)29-13-2-1-3-14-29)21-27-12-8-11-25-9-4-6-15-30(25)27/h1-18,22H,19-21,23-24H2,(H,39,45). The highest BCUT2D eigenvalue weighted by atomic mass is 32.2. The average Bonchev–Trinajstić information content (AvgIpc) is 3.87. The first-order valence-corrected chi connectivity index (χ1v) is 18.7. The molecule has 8 nitrogen and oxygen atoms in total. The summed E-state index contributed by atoms with van der Waals surface area (Å²) in [5.74, 6) is 1.25. The van der Waals surface area contributed by atoms with Crippen molar-refractivity contribution in [2.24, 2.45) is 0 Å². The van der Waals surface area contributed by atoms with Crippen molar-refractivity contribution >= 4 is 79.0 Å². The van der Waals surface area contributed by atoms with E-state index in [2.05, 4.69) is 58.0 Å². The lowest BCUT2D eigenvalue weighted by Gasteiger charge is -2.16. The van der Waals surface area contributed by atoms with Gasteiger partial charge in [-0.3, -0.25) is 14.2 Å². The largest absolute Gasteiger partial charge is 0.325 e. The fraction of sp³-hybridized carbons (Fsp3) is 0.132. The molecule has 0 unspecified atom stereocenters. The molecule has 0 saturated heterocycles. The van der Waals surface area contributed by atoms with Crippen molar-refractivity contribution in [3.8, 4) is 5.69 Å². The number of rotatable bonds is 10. The van der Waals surface area contributed by atoms with Gasteiger partial charge < -0.3 is 10.2 Å². The van der Waals surface area contributed by atoms with E-state index in [9.17, 15) is 9.59 Å². The van der Waals surface area contributed by atoms with Crippen LogP contribution in [0.4, 0.5) is 11.4 Å². The third-order valence-corrected chi connectivity index (χ3v) is 11.5. The summed E-state index contributed by atoms with van der Waals surface area (Å²) in [5, 5.41) is 15.2. The number of nitrogens with zero attached hydrogens (tertiary/aromatic N) is 5. The molecule has 1 aliphatic rings. The normalized spacial score (nSPS) is 12.4. The Morgan fingerprint density at radius 2 is 1.63 bits per heavy atom. The molecule has 0 aliphatic carbocycles. The van der Waals surface area contributed by atoms with Gasteiger partial charge in [0.2, 0.25) is 11.8 Å². The van der Waals surface area contributed by atoms with Crippen molar-refractivity contribution in [3.63, 3.8) is 0 Å². The van der Waals surface area contributed by atoms with Crippen molar-refractivity contribution in [2.45, 2.75) is 22.3 Å². The maximum Gasteiger partial charge on any atom is 0.237 e. The van der Waals surface area contributed by atoms with Crippen LogP contribution in [0.3, 0.4) is 0 Å². The number of amides is 2. The highest BCUT2D eigenvalue weighted by Gasteiger charge is 2.24. The zero-order valence-electron chi connectivity index (χ0n) is 26.3. The summed E-state index contributed by atoms with van der Waals surface area (Å²) in [6.45, 7) is 0.719. The van der Waals surface area contributed by atoms with Gasteiger partial charge in [-0.15, -0.1) is 21.5 Å². The predicted octanol–water partition coefficient (Wildman–Crippen LogP) is 8.03. The van der Waals surface area contributed by atoms with E-state index in [-0.39, 0.29) is 17.6 Å². The fourth-order valence-corrected chi connectivity index (χ4v) is 8.89. The first kappa shape index (κ1) is 31.3. The second kappa shape index (κ2) is 13.9. The van der Waals surface area contributed by atoms with Crippen molar-refractivity contribution in [2.75, 3.05) is 28.3 Å². The highest BCUT2D eigenvalue weighted by molar-refractivity contribution is 8.01. The van der Waals surface area contributed by atoms with Gasteiger partial charge in [-0.1, -0.05) is 102 Å². The lowest BCUT2D eigenvalue weighted by molar-refractivity contribution is -0.116. The van der Waals surface area contributed by atoms with Crippen molar-refractivity contribution in [1.82, 2.24) is 19.7 Å². The van der Waals surface area contributed by atoms with E-state index in [4.69, 9.17) is 4.98 Å². The van der Waals surface area contributed by atoms with E-state index >= 15 is 0 Å². The second-order valence-electron chi connectivity index (χ2n) is 11.6. The maximum absolute atomic E-state index is 13.2. The smallest absolute Gasteiger partial charge is 0.237 e. The Morgan fingerprint density at radius 3 is 2.55 bits per heavy atom. The molecule has 2 amide bonds. The molecular formula is C38H30N6O2S3. The Morgan fingerprint density at radius 1 is 0.816 bits per heavy atom. The lowest BCUT2D eigenvalue weighted by atomic mass is 10.0. The number of carbonyl (C=O) groups excluding carboxylic acids is 2. The number of hydrogen-bond donors (Lipinski definition) is 1. The molecule has 0 fully saturated rings. The summed E-state index contributed by atoms with van der Waals surface area (Å²) in [7, 11) is 0. The molecule has 0 radical (unpaired) electrons. The third-order valence-electron chi connectivity index (χ3n) is 8.44. The van der Waals surface area contributed by atoms with Crippen LogP contribution in [0.2, 0.25) is 0 Å². The Bertz CT molecular complexity index is 2310. The lowest BCUT2D eigenvalue weighted by Crippen LogP contribution is -2.30. The quantitative estimate of drug-likeness (QED) is 0.145. The number of anilines is 2. The van der Waals surface area contributed by atoms with Crippen LogP contribution in [0.1, 0.15) is 17.0 Å². The minimum atomic E-state index is -0.141. The van der Waals surface area contributed by atoms with Crippen molar-refractivity contribution in [1.29, 1.82) is 0 Å². The SMILES string of the molecule is O=C(CSc1nnc(Cc2cccc3ccccc23)n1-c1ccccc1)Nc1ccc2nc(SCC(=O)N3CCc4ccccc43)sc2c1. The number of para-hydroxylation sites is 2. The van der Waals surface area contributed by atoms with Crippen molar-refractivity contribution in [3.05, 3.63) is 132 Å². The number of hydrogen-bond acceptors (Lipinski definition) is 8. The summed E-state index contributed by atoms with van der Waals surface area (Å²) in [6, 6.07) is 38.4. The van der Waals surface area contributed by atoms with E-state index in [0.29, 0.717) is 23.0 Å². The minimum Gasteiger partial charge on any atom is -0.325 e. The van der Waals surface area contributed by atoms with Crippen LogP contribution in [0.25, 0.3) is 26.7 Å². The Kier molecular flexibility index (Phi) is 8.86. The van der Waals surface area contributed by atoms with Crippen LogP contribution in [0.15, 0.2) is 125 Å². The van der Waals surface area contributed by atoms with Crippen LogP contribution < -0.4 is 10.2 Å². The fourth-order valence-electron chi connectivity index (χ4n) is 6.13. The van der Waals surface area contributed by atoms with Gasteiger partial charge in [0.25, 0.3) is 0 Å². The number of aromatic nitrogens is 4. The van der Waals surface area contributed by atoms with Crippen LogP contribution in [-0.2, 0) is 22.4 Å². The molecule has 0 spiro atoms.